The summed E-state index contributed by atoms with van der Waals surface area (Å²) in [5.74, 6) is -0.118. The van der Waals surface area contributed by atoms with Gasteiger partial charge in [0, 0.05) is 50.1 Å². The molecular weight excluding hydrogens is 457 g/mol. The zero-order chi connectivity index (χ0) is 24.0. The van der Waals surface area contributed by atoms with Crippen LogP contribution in [-0.4, -0.2) is 59.7 Å². The zero-order valence-corrected chi connectivity index (χ0v) is 20.0. The molecule has 3 unspecified atom stereocenters. The number of aryl methyl sites for hydroxylation is 2. The number of fused-ring (bicyclic) bond motifs is 2. The second kappa shape index (κ2) is 9.05. The third-order valence-electron chi connectivity index (χ3n) is 6.59. The lowest BCUT2D eigenvalue weighted by molar-refractivity contribution is 0.0938. The summed E-state index contributed by atoms with van der Waals surface area (Å²) < 4.78 is 20.3. The Hall–Kier alpha value is -2.89. The number of rotatable bonds is 5. The number of nitrogen functional groups attached to an aromatic ring is 1. The number of carbonyl (C=O) groups excluding carboxylic acids is 1. The van der Waals surface area contributed by atoms with Gasteiger partial charge in [-0.3, -0.25) is 4.79 Å². The van der Waals surface area contributed by atoms with Crippen LogP contribution in [0.3, 0.4) is 0 Å². The lowest BCUT2D eigenvalue weighted by Gasteiger charge is -2.27. The molecule has 3 aromatic rings. The number of methoxy groups -OCH3 is 1. The summed E-state index contributed by atoms with van der Waals surface area (Å²) in [7, 11) is 1.64. The molecule has 180 valence electrons. The third-order valence-corrected chi connectivity index (χ3v) is 7.68. The summed E-state index contributed by atoms with van der Waals surface area (Å²) in [5.41, 5.74) is 15.7. The molecule has 9 nitrogen and oxygen atoms in total. The number of aromatic nitrogens is 3. The van der Waals surface area contributed by atoms with Gasteiger partial charge in [-0.2, -0.15) is 0 Å². The van der Waals surface area contributed by atoms with Crippen molar-refractivity contribution < 1.29 is 13.9 Å². The Bertz CT molecular complexity index is 1250. The van der Waals surface area contributed by atoms with Crippen LogP contribution < -0.4 is 21.7 Å². The first-order valence-electron chi connectivity index (χ1n) is 11.3. The van der Waals surface area contributed by atoms with E-state index in [0.717, 1.165) is 17.0 Å². The van der Waals surface area contributed by atoms with Gasteiger partial charge in [0.15, 0.2) is 11.6 Å². The largest absolute Gasteiger partial charge is 0.396 e. The fraction of sp³-hybridized carbons (Fsp3) is 0.478. The average molecular weight is 486 g/mol. The standard InChI is InChI=1S/C23H28FN7O2S/c1-11-7-27-19-18(26)20(34-23(19)28-11)22(32)29-14-3-4-17-12(5-14)6-15(24)21(30-17)31-8-13(10-33-2)16(25)9-31/h6-7,13-14,16H,3-5,8-10,25-26H2,1-2H3,(H,29,32). The SMILES string of the molecule is COCC1CN(c2nc3c(cc2F)CC(NC(=O)c2sc4nc(C)cnc4c2N)CC3)CC1N. The Kier molecular flexibility index (Phi) is 6.09. The van der Waals surface area contributed by atoms with Gasteiger partial charge in [0.25, 0.3) is 5.91 Å². The van der Waals surface area contributed by atoms with Crippen LogP contribution in [0.25, 0.3) is 10.3 Å². The highest BCUT2D eigenvalue weighted by Gasteiger charge is 2.33. The minimum absolute atomic E-state index is 0.0765. The maximum Gasteiger partial charge on any atom is 0.263 e. The zero-order valence-electron chi connectivity index (χ0n) is 19.2. The monoisotopic (exact) mass is 485 g/mol. The summed E-state index contributed by atoms with van der Waals surface area (Å²) in [6, 6.07) is 1.34. The Morgan fingerprint density at radius 1 is 1.38 bits per heavy atom. The number of nitrogens with zero attached hydrogens (tertiary/aromatic N) is 4. The Morgan fingerprint density at radius 3 is 3.00 bits per heavy atom. The molecule has 1 amide bonds. The van der Waals surface area contributed by atoms with E-state index in [9.17, 15) is 4.79 Å². The Morgan fingerprint density at radius 2 is 2.21 bits per heavy atom. The van der Waals surface area contributed by atoms with Gasteiger partial charge in [-0.25, -0.2) is 19.3 Å². The molecule has 4 heterocycles. The van der Waals surface area contributed by atoms with Crippen molar-refractivity contribution in [2.75, 3.05) is 37.4 Å². The van der Waals surface area contributed by atoms with Crippen molar-refractivity contribution in [2.45, 2.75) is 38.3 Å². The number of amides is 1. The number of carbonyl (C=O) groups is 1. The predicted molar refractivity (Wildman–Crippen MR) is 130 cm³/mol. The highest BCUT2D eigenvalue weighted by molar-refractivity contribution is 7.21. The second-order valence-corrected chi connectivity index (χ2v) is 10.1. The number of anilines is 2. The van der Waals surface area contributed by atoms with Gasteiger partial charge >= 0.3 is 0 Å². The van der Waals surface area contributed by atoms with E-state index in [-0.39, 0.29) is 29.7 Å². The third kappa shape index (κ3) is 4.19. The van der Waals surface area contributed by atoms with Crippen molar-refractivity contribution in [1.29, 1.82) is 0 Å². The molecule has 1 aliphatic heterocycles. The van der Waals surface area contributed by atoms with Gasteiger partial charge < -0.3 is 26.4 Å². The van der Waals surface area contributed by atoms with Crippen molar-refractivity contribution in [3.63, 3.8) is 0 Å². The number of ether oxygens (including phenoxy) is 1. The van der Waals surface area contributed by atoms with Crippen LogP contribution in [0.5, 0.6) is 0 Å². The first kappa shape index (κ1) is 22.9. The molecule has 0 saturated carbocycles. The van der Waals surface area contributed by atoms with Crippen molar-refractivity contribution in [2.24, 2.45) is 11.7 Å². The number of halogens is 1. The van der Waals surface area contributed by atoms with Gasteiger partial charge in [-0.05, 0) is 37.8 Å². The van der Waals surface area contributed by atoms with Crippen LogP contribution in [0.1, 0.15) is 33.0 Å². The number of nitrogens with two attached hydrogens (primary N) is 2. The van der Waals surface area contributed by atoms with Gasteiger partial charge in [-0.1, -0.05) is 0 Å². The first-order valence-corrected chi connectivity index (χ1v) is 12.2. The van der Waals surface area contributed by atoms with E-state index in [1.54, 1.807) is 19.4 Å². The van der Waals surface area contributed by atoms with Crippen LogP contribution in [-0.2, 0) is 17.6 Å². The first-order chi connectivity index (χ1) is 16.3. The fourth-order valence-corrected chi connectivity index (χ4v) is 5.82. The molecule has 3 atom stereocenters. The van der Waals surface area contributed by atoms with E-state index < -0.39 is 0 Å². The smallest absolute Gasteiger partial charge is 0.263 e. The number of pyridine rings is 1. The molecular formula is C23H28FN7O2S. The van der Waals surface area contributed by atoms with Crippen LogP contribution >= 0.6 is 11.3 Å². The van der Waals surface area contributed by atoms with Crippen LogP contribution in [0.2, 0.25) is 0 Å². The van der Waals surface area contributed by atoms with E-state index in [0.29, 0.717) is 65.7 Å². The lowest BCUT2D eigenvalue weighted by atomic mass is 9.91. The fourth-order valence-electron chi connectivity index (χ4n) is 4.82. The molecule has 2 aliphatic rings. The molecule has 0 bridgehead atoms. The topological polar surface area (TPSA) is 132 Å². The number of hydrogen-bond donors (Lipinski definition) is 3. The highest BCUT2D eigenvalue weighted by atomic mass is 32.1. The van der Waals surface area contributed by atoms with Crippen LogP contribution in [0, 0.1) is 18.7 Å². The van der Waals surface area contributed by atoms with Gasteiger partial charge in [0.2, 0.25) is 0 Å². The second-order valence-electron chi connectivity index (χ2n) is 9.11. The molecule has 0 radical (unpaired) electrons. The quantitative estimate of drug-likeness (QED) is 0.499. The summed E-state index contributed by atoms with van der Waals surface area (Å²) in [5, 5.41) is 3.05. The van der Waals surface area contributed by atoms with Crippen LogP contribution in [0.4, 0.5) is 15.9 Å². The molecule has 11 heteroatoms. The Balaban J connectivity index is 1.30. The lowest BCUT2D eigenvalue weighted by Crippen LogP contribution is -2.39. The predicted octanol–water partition coefficient (Wildman–Crippen LogP) is 1.81. The summed E-state index contributed by atoms with van der Waals surface area (Å²) in [6.07, 6.45) is 3.51. The minimum atomic E-state index is -0.364. The van der Waals surface area contributed by atoms with E-state index in [1.807, 2.05) is 11.8 Å². The molecule has 5 rings (SSSR count). The average Bonchev–Trinajstić information content (AvgIpc) is 3.32. The number of nitrogens with one attached hydrogen (secondary N) is 1. The highest BCUT2D eigenvalue weighted by Crippen LogP contribution is 2.32. The molecule has 34 heavy (non-hydrogen) atoms. The summed E-state index contributed by atoms with van der Waals surface area (Å²) in [4.78, 5) is 29.3. The van der Waals surface area contributed by atoms with Gasteiger partial charge in [-0.15, -0.1) is 11.3 Å². The molecule has 3 aromatic heterocycles. The number of thiophene rings is 1. The van der Waals surface area contributed by atoms with Crippen molar-refractivity contribution >= 4 is 39.1 Å². The van der Waals surface area contributed by atoms with Gasteiger partial charge in [0.05, 0.1) is 18.0 Å². The van der Waals surface area contributed by atoms with E-state index in [4.69, 9.17) is 16.2 Å². The van der Waals surface area contributed by atoms with E-state index in [1.165, 1.54) is 11.3 Å². The van der Waals surface area contributed by atoms with Crippen molar-refractivity contribution in [3.05, 3.63) is 39.9 Å². The van der Waals surface area contributed by atoms with E-state index in [2.05, 4.69) is 20.3 Å². The van der Waals surface area contributed by atoms with Crippen molar-refractivity contribution in [1.82, 2.24) is 20.3 Å². The maximum absolute atomic E-state index is 15.0. The molecule has 1 fully saturated rings. The summed E-state index contributed by atoms with van der Waals surface area (Å²) >= 11 is 1.23. The minimum Gasteiger partial charge on any atom is -0.396 e. The molecule has 5 N–H and O–H groups in total. The summed E-state index contributed by atoms with van der Waals surface area (Å²) in [6.45, 7) is 3.56. The van der Waals surface area contributed by atoms with Gasteiger partial charge in [0.1, 0.15) is 15.2 Å². The maximum atomic E-state index is 15.0. The molecule has 0 aromatic carbocycles. The van der Waals surface area contributed by atoms with E-state index >= 15 is 4.39 Å². The normalized spacial score (nSPS) is 22.2. The molecule has 0 spiro atoms. The van der Waals surface area contributed by atoms with Crippen LogP contribution in [0.15, 0.2) is 12.3 Å². The number of hydrogen-bond acceptors (Lipinski definition) is 9. The Labute approximate surface area is 200 Å². The molecule has 1 saturated heterocycles. The van der Waals surface area contributed by atoms with Crippen molar-refractivity contribution in [3.8, 4) is 0 Å². The molecule has 1 aliphatic carbocycles.